The third-order valence-corrected chi connectivity index (χ3v) is 3.89. The summed E-state index contributed by atoms with van der Waals surface area (Å²) in [5.74, 6) is 0.725. The molecule has 0 amide bonds. The molecule has 0 radical (unpaired) electrons. The first kappa shape index (κ1) is 10.2. The van der Waals surface area contributed by atoms with E-state index in [1.54, 1.807) is 0 Å². The van der Waals surface area contributed by atoms with Gasteiger partial charge in [-0.25, -0.2) is 0 Å². The van der Waals surface area contributed by atoms with E-state index in [2.05, 4.69) is 41.5 Å². The lowest BCUT2D eigenvalue weighted by Gasteiger charge is -2.30. The summed E-state index contributed by atoms with van der Waals surface area (Å²) in [6.07, 6.45) is 4.08. The number of para-hydroxylation sites is 1. The van der Waals surface area contributed by atoms with Gasteiger partial charge in [0, 0.05) is 30.7 Å². The van der Waals surface area contributed by atoms with Gasteiger partial charge in [0.15, 0.2) is 0 Å². The fourth-order valence-corrected chi connectivity index (χ4v) is 2.75. The fourth-order valence-electron chi connectivity index (χ4n) is 2.75. The summed E-state index contributed by atoms with van der Waals surface area (Å²) >= 11 is 0. The highest BCUT2D eigenvalue weighted by atomic mass is 15.2. The number of hydrogen-bond acceptors (Lipinski definition) is 2. The summed E-state index contributed by atoms with van der Waals surface area (Å²) in [6.45, 7) is 2.35. The van der Waals surface area contributed by atoms with E-state index in [1.165, 1.54) is 37.1 Å². The lowest BCUT2D eigenvalue weighted by molar-refractivity contribution is 0.295. The molecule has 0 spiro atoms. The molecule has 2 aliphatic rings. The maximum Gasteiger partial charge on any atom is 0.0376 e. The zero-order valence-electron chi connectivity index (χ0n) is 9.95. The monoisotopic (exact) mass is 216 g/mol. The molecular weight excluding hydrogens is 196 g/mol. The van der Waals surface area contributed by atoms with Crippen molar-refractivity contribution in [1.29, 1.82) is 0 Å². The smallest absolute Gasteiger partial charge is 0.0376 e. The van der Waals surface area contributed by atoms with Crippen molar-refractivity contribution in [3.8, 4) is 0 Å². The third-order valence-electron chi connectivity index (χ3n) is 3.89. The van der Waals surface area contributed by atoms with Crippen LogP contribution in [0.4, 0.5) is 5.69 Å². The first-order valence-electron chi connectivity index (χ1n) is 6.37. The summed E-state index contributed by atoms with van der Waals surface area (Å²) in [5, 5.41) is 3.49. The van der Waals surface area contributed by atoms with Crippen molar-refractivity contribution in [3.05, 3.63) is 29.8 Å². The lowest BCUT2D eigenvalue weighted by Crippen LogP contribution is -2.30. The third kappa shape index (κ3) is 1.94. The van der Waals surface area contributed by atoms with E-state index in [4.69, 9.17) is 0 Å². The lowest BCUT2D eigenvalue weighted by atomic mass is 9.90. The zero-order valence-corrected chi connectivity index (χ0v) is 9.95. The van der Waals surface area contributed by atoms with Gasteiger partial charge >= 0.3 is 0 Å². The number of benzene rings is 1. The molecule has 1 heterocycles. The first-order valence-corrected chi connectivity index (χ1v) is 6.37. The second kappa shape index (κ2) is 4.10. The fraction of sp³-hybridized carbons (Fsp3) is 0.571. The largest absolute Gasteiger partial charge is 0.385 e. The number of nitrogens with zero attached hydrogens (tertiary/aromatic N) is 1. The van der Waals surface area contributed by atoms with Gasteiger partial charge in [0.05, 0.1) is 0 Å². The Morgan fingerprint density at radius 2 is 2.06 bits per heavy atom. The van der Waals surface area contributed by atoms with Crippen LogP contribution in [0.5, 0.6) is 0 Å². The molecule has 3 rings (SSSR count). The molecule has 1 atom stereocenters. The van der Waals surface area contributed by atoms with E-state index in [9.17, 15) is 0 Å². The van der Waals surface area contributed by atoms with Gasteiger partial charge in [-0.2, -0.15) is 0 Å². The first-order chi connectivity index (χ1) is 7.84. The average molecular weight is 216 g/mol. The molecule has 0 bridgehead atoms. The number of fused-ring (bicyclic) bond motifs is 1. The van der Waals surface area contributed by atoms with Crippen molar-refractivity contribution in [1.82, 2.24) is 4.90 Å². The molecule has 2 nitrogen and oxygen atoms in total. The van der Waals surface area contributed by atoms with Crippen LogP contribution >= 0.6 is 0 Å². The minimum atomic E-state index is 0.725. The highest BCUT2D eigenvalue weighted by Gasteiger charge is 2.29. The number of nitrogens with one attached hydrogen (secondary N) is 1. The van der Waals surface area contributed by atoms with E-state index in [1.807, 2.05) is 0 Å². The molecule has 1 aromatic rings. The van der Waals surface area contributed by atoms with Crippen LogP contribution in [-0.2, 0) is 0 Å². The van der Waals surface area contributed by atoms with Crippen LogP contribution in [0.15, 0.2) is 24.3 Å². The molecule has 16 heavy (non-hydrogen) atoms. The Bertz CT molecular complexity index is 371. The summed E-state index contributed by atoms with van der Waals surface area (Å²) < 4.78 is 0. The molecule has 1 N–H and O–H groups in total. The van der Waals surface area contributed by atoms with Gasteiger partial charge in [0.25, 0.3) is 0 Å². The van der Waals surface area contributed by atoms with Crippen LogP contribution in [0.1, 0.15) is 30.7 Å². The highest BCUT2D eigenvalue weighted by molar-refractivity contribution is 5.54. The minimum Gasteiger partial charge on any atom is -0.385 e. The molecule has 1 aliphatic carbocycles. The Balaban J connectivity index is 1.76. The maximum atomic E-state index is 3.49. The van der Waals surface area contributed by atoms with E-state index in [0.717, 1.165) is 18.5 Å². The zero-order chi connectivity index (χ0) is 11.0. The van der Waals surface area contributed by atoms with E-state index < -0.39 is 0 Å². The van der Waals surface area contributed by atoms with Crippen LogP contribution in [0.2, 0.25) is 0 Å². The van der Waals surface area contributed by atoms with Gasteiger partial charge in [0.1, 0.15) is 0 Å². The molecule has 1 aliphatic heterocycles. The molecule has 2 heteroatoms. The van der Waals surface area contributed by atoms with Crippen molar-refractivity contribution in [2.24, 2.45) is 0 Å². The molecule has 1 aromatic carbocycles. The molecule has 86 valence electrons. The van der Waals surface area contributed by atoms with Crippen molar-refractivity contribution in [2.45, 2.75) is 31.2 Å². The van der Waals surface area contributed by atoms with Crippen LogP contribution in [0.3, 0.4) is 0 Å². The second-order valence-corrected chi connectivity index (χ2v) is 5.17. The number of likely N-dealkylation sites (N-methyl/N-ethyl adjacent to an activating group) is 1. The van der Waals surface area contributed by atoms with E-state index in [0.29, 0.717) is 0 Å². The standard InChI is InChI=1S/C14H20N2/c1-16(12-6-7-12)10-11-8-9-15-14-5-3-2-4-13(11)14/h2-5,11-12,15H,6-10H2,1H3. The highest BCUT2D eigenvalue weighted by Crippen LogP contribution is 2.34. The topological polar surface area (TPSA) is 15.3 Å². The van der Waals surface area contributed by atoms with Crippen molar-refractivity contribution in [3.63, 3.8) is 0 Å². The Labute approximate surface area is 97.6 Å². The van der Waals surface area contributed by atoms with Crippen molar-refractivity contribution < 1.29 is 0 Å². The van der Waals surface area contributed by atoms with Gasteiger partial charge in [0.2, 0.25) is 0 Å². The normalized spacial score (nSPS) is 24.0. The number of rotatable bonds is 3. The summed E-state index contributed by atoms with van der Waals surface area (Å²) in [6, 6.07) is 9.65. The Hall–Kier alpha value is -1.02. The number of anilines is 1. The summed E-state index contributed by atoms with van der Waals surface area (Å²) in [5.41, 5.74) is 2.86. The predicted octanol–water partition coefficient (Wildman–Crippen LogP) is 2.68. The van der Waals surface area contributed by atoms with Crippen molar-refractivity contribution >= 4 is 5.69 Å². The Morgan fingerprint density at radius 3 is 2.88 bits per heavy atom. The molecule has 1 fully saturated rings. The minimum absolute atomic E-state index is 0.725. The predicted molar refractivity (Wildman–Crippen MR) is 67.9 cm³/mol. The van der Waals surface area contributed by atoms with Gasteiger partial charge in [-0.15, -0.1) is 0 Å². The van der Waals surface area contributed by atoms with Crippen LogP contribution in [0.25, 0.3) is 0 Å². The average Bonchev–Trinajstić information content (AvgIpc) is 3.13. The van der Waals surface area contributed by atoms with Crippen molar-refractivity contribution in [2.75, 3.05) is 25.5 Å². The molecular formula is C14H20N2. The summed E-state index contributed by atoms with van der Waals surface area (Å²) in [7, 11) is 2.28. The van der Waals surface area contributed by atoms with Gasteiger partial charge < -0.3 is 10.2 Å². The maximum absolute atomic E-state index is 3.49. The molecule has 0 saturated heterocycles. The quantitative estimate of drug-likeness (QED) is 0.835. The van der Waals surface area contributed by atoms with Crippen LogP contribution in [0, 0.1) is 0 Å². The van der Waals surface area contributed by atoms with Gasteiger partial charge in [-0.1, -0.05) is 18.2 Å². The van der Waals surface area contributed by atoms with E-state index >= 15 is 0 Å². The molecule has 0 aromatic heterocycles. The number of hydrogen-bond donors (Lipinski definition) is 1. The van der Waals surface area contributed by atoms with Gasteiger partial charge in [-0.3, -0.25) is 0 Å². The Morgan fingerprint density at radius 1 is 1.25 bits per heavy atom. The van der Waals surface area contributed by atoms with E-state index in [-0.39, 0.29) is 0 Å². The summed E-state index contributed by atoms with van der Waals surface area (Å²) in [4.78, 5) is 2.55. The molecule has 1 unspecified atom stereocenters. The second-order valence-electron chi connectivity index (χ2n) is 5.17. The van der Waals surface area contributed by atoms with Crippen LogP contribution in [-0.4, -0.2) is 31.1 Å². The molecule has 1 saturated carbocycles. The van der Waals surface area contributed by atoms with Gasteiger partial charge in [-0.05, 0) is 37.9 Å². The SMILES string of the molecule is CN(CC1CCNc2ccccc21)C1CC1. The van der Waals surface area contributed by atoms with Crippen LogP contribution < -0.4 is 5.32 Å². The Kier molecular flexibility index (Phi) is 2.60.